The van der Waals surface area contributed by atoms with Gasteiger partial charge in [0.1, 0.15) is 5.75 Å². The number of benzene rings is 1. The SMILES string of the molecule is CC1(C(O)c2cccc(OC(F)(F)F)c2)CCCCC1. The number of ether oxygens (including phenoxy) is 1. The molecule has 0 spiro atoms. The van der Waals surface area contributed by atoms with E-state index in [2.05, 4.69) is 4.74 Å². The van der Waals surface area contributed by atoms with Gasteiger partial charge in [0.05, 0.1) is 6.10 Å². The molecule has 1 aliphatic carbocycles. The zero-order valence-electron chi connectivity index (χ0n) is 11.4. The Hall–Kier alpha value is -1.23. The van der Waals surface area contributed by atoms with E-state index in [9.17, 15) is 18.3 Å². The summed E-state index contributed by atoms with van der Waals surface area (Å²) < 4.78 is 40.6. The Morgan fingerprint density at radius 2 is 1.85 bits per heavy atom. The van der Waals surface area contributed by atoms with Crippen LogP contribution < -0.4 is 4.74 Å². The molecule has 1 aliphatic rings. The van der Waals surface area contributed by atoms with Crippen LogP contribution in [-0.4, -0.2) is 11.5 Å². The lowest BCUT2D eigenvalue weighted by molar-refractivity contribution is -0.274. The molecule has 2 nitrogen and oxygen atoms in total. The Morgan fingerprint density at radius 1 is 1.20 bits per heavy atom. The first-order chi connectivity index (χ1) is 9.30. The Bertz CT molecular complexity index is 451. The summed E-state index contributed by atoms with van der Waals surface area (Å²) >= 11 is 0. The van der Waals surface area contributed by atoms with Gasteiger partial charge in [0.2, 0.25) is 0 Å². The van der Waals surface area contributed by atoms with Gasteiger partial charge in [-0.25, -0.2) is 0 Å². The van der Waals surface area contributed by atoms with Crippen LogP contribution in [0.1, 0.15) is 50.7 Å². The molecule has 1 atom stereocenters. The van der Waals surface area contributed by atoms with E-state index in [0.717, 1.165) is 32.1 Å². The third-order valence-corrected chi connectivity index (χ3v) is 4.06. The highest BCUT2D eigenvalue weighted by atomic mass is 19.4. The fourth-order valence-electron chi connectivity index (χ4n) is 2.92. The summed E-state index contributed by atoms with van der Waals surface area (Å²) in [5.74, 6) is -0.284. The van der Waals surface area contributed by atoms with Crippen LogP contribution in [-0.2, 0) is 0 Å². The Morgan fingerprint density at radius 3 is 2.45 bits per heavy atom. The van der Waals surface area contributed by atoms with Gasteiger partial charge in [-0.1, -0.05) is 38.3 Å². The molecule has 1 saturated carbocycles. The second kappa shape index (κ2) is 5.64. The third kappa shape index (κ3) is 3.66. The Labute approximate surface area is 116 Å². The maximum absolute atomic E-state index is 12.2. The quantitative estimate of drug-likeness (QED) is 0.881. The highest BCUT2D eigenvalue weighted by molar-refractivity contribution is 5.31. The van der Waals surface area contributed by atoms with Crippen molar-refractivity contribution in [2.75, 3.05) is 0 Å². The lowest BCUT2D eigenvalue weighted by atomic mass is 9.70. The molecule has 2 rings (SSSR count). The van der Waals surface area contributed by atoms with E-state index >= 15 is 0 Å². The zero-order chi connectivity index (χ0) is 14.8. The van der Waals surface area contributed by atoms with Crippen molar-refractivity contribution >= 4 is 0 Å². The van der Waals surface area contributed by atoms with Crippen molar-refractivity contribution in [3.05, 3.63) is 29.8 Å². The van der Waals surface area contributed by atoms with E-state index in [0.29, 0.717) is 5.56 Å². The van der Waals surface area contributed by atoms with E-state index in [1.54, 1.807) is 6.07 Å². The Balaban J connectivity index is 2.17. The smallest absolute Gasteiger partial charge is 0.406 e. The van der Waals surface area contributed by atoms with Crippen molar-refractivity contribution in [2.24, 2.45) is 5.41 Å². The van der Waals surface area contributed by atoms with Crippen LogP contribution in [0.4, 0.5) is 13.2 Å². The fraction of sp³-hybridized carbons (Fsp3) is 0.600. The molecule has 0 heterocycles. The topological polar surface area (TPSA) is 29.5 Å². The summed E-state index contributed by atoms with van der Waals surface area (Å²) in [7, 11) is 0. The van der Waals surface area contributed by atoms with Crippen molar-refractivity contribution in [3.8, 4) is 5.75 Å². The number of alkyl halides is 3. The molecule has 1 aromatic rings. The first kappa shape index (κ1) is 15.2. The maximum atomic E-state index is 12.2. The molecule has 1 fully saturated rings. The lowest BCUT2D eigenvalue weighted by Crippen LogP contribution is -2.28. The fourth-order valence-corrected chi connectivity index (χ4v) is 2.92. The van der Waals surface area contributed by atoms with Crippen molar-refractivity contribution in [3.63, 3.8) is 0 Å². The first-order valence-corrected chi connectivity index (χ1v) is 6.84. The molecule has 5 heteroatoms. The van der Waals surface area contributed by atoms with E-state index in [4.69, 9.17) is 0 Å². The van der Waals surface area contributed by atoms with E-state index in [1.807, 2.05) is 6.92 Å². The second-order valence-electron chi connectivity index (χ2n) is 5.74. The second-order valence-corrected chi connectivity index (χ2v) is 5.74. The van der Waals surface area contributed by atoms with Gasteiger partial charge in [-0.3, -0.25) is 0 Å². The van der Waals surface area contributed by atoms with Gasteiger partial charge < -0.3 is 9.84 Å². The normalized spacial score (nSPS) is 20.4. The summed E-state index contributed by atoms with van der Waals surface area (Å²) in [5.41, 5.74) is 0.214. The zero-order valence-corrected chi connectivity index (χ0v) is 11.4. The number of aliphatic hydroxyl groups is 1. The number of hydrogen-bond donors (Lipinski definition) is 1. The molecule has 0 bridgehead atoms. The monoisotopic (exact) mass is 288 g/mol. The van der Waals surface area contributed by atoms with Crippen LogP contribution in [0.3, 0.4) is 0 Å². The van der Waals surface area contributed by atoms with E-state index in [-0.39, 0.29) is 11.2 Å². The van der Waals surface area contributed by atoms with Crippen LogP contribution in [0, 0.1) is 5.41 Å². The molecule has 0 amide bonds. The van der Waals surface area contributed by atoms with Gasteiger partial charge in [-0.2, -0.15) is 0 Å². The molecule has 1 unspecified atom stereocenters. The predicted molar refractivity (Wildman–Crippen MR) is 69.3 cm³/mol. The van der Waals surface area contributed by atoms with Crippen LogP contribution in [0.2, 0.25) is 0 Å². The van der Waals surface area contributed by atoms with Gasteiger partial charge in [0.25, 0.3) is 0 Å². The molecule has 0 aromatic heterocycles. The highest BCUT2D eigenvalue weighted by Crippen LogP contribution is 2.46. The van der Waals surface area contributed by atoms with Crippen molar-refractivity contribution in [1.29, 1.82) is 0 Å². The minimum Gasteiger partial charge on any atom is -0.406 e. The van der Waals surface area contributed by atoms with Crippen molar-refractivity contribution < 1.29 is 23.0 Å². The average Bonchev–Trinajstić information content (AvgIpc) is 2.37. The standard InChI is InChI=1S/C15H19F3O2/c1-14(8-3-2-4-9-14)13(19)11-6-5-7-12(10-11)20-15(16,17)18/h5-7,10,13,19H,2-4,8-9H2,1H3. The summed E-state index contributed by atoms with van der Waals surface area (Å²) in [4.78, 5) is 0. The van der Waals surface area contributed by atoms with E-state index < -0.39 is 12.5 Å². The summed E-state index contributed by atoms with van der Waals surface area (Å²) in [5, 5.41) is 10.5. The lowest BCUT2D eigenvalue weighted by Gasteiger charge is -2.38. The highest BCUT2D eigenvalue weighted by Gasteiger charge is 2.36. The summed E-state index contributed by atoms with van der Waals surface area (Å²) in [6.45, 7) is 1.99. The molecule has 1 aromatic carbocycles. The number of aliphatic hydroxyl groups excluding tert-OH is 1. The largest absolute Gasteiger partial charge is 0.573 e. The van der Waals surface area contributed by atoms with E-state index in [1.165, 1.54) is 18.2 Å². The molecular formula is C15H19F3O2. The Kier molecular flexibility index (Phi) is 4.28. The number of hydrogen-bond acceptors (Lipinski definition) is 2. The van der Waals surface area contributed by atoms with Crippen molar-refractivity contribution in [1.82, 2.24) is 0 Å². The van der Waals surface area contributed by atoms with Gasteiger partial charge >= 0.3 is 6.36 Å². The molecule has 1 N–H and O–H groups in total. The van der Waals surface area contributed by atoms with Crippen LogP contribution in [0.5, 0.6) is 5.75 Å². The predicted octanol–water partition coefficient (Wildman–Crippen LogP) is 4.59. The summed E-state index contributed by atoms with van der Waals surface area (Å²) in [6, 6.07) is 5.64. The van der Waals surface area contributed by atoms with Gasteiger partial charge in [-0.05, 0) is 36.0 Å². The first-order valence-electron chi connectivity index (χ1n) is 6.84. The minimum absolute atomic E-state index is 0.269. The maximum Gasteiger partial charge on any atom is 0.573 e. The molecule has 0 aliphatic heterocycles. The van der Waals surface area contributed by atoms with Gasteiger partial charge in [0, 0.05) is 0 Å². The number of rotatable bonds is 3. The number of halogens is 3. The van der Waals surface area contributed by atoms with Crippen LogP contribution in [0.15, 0.2) is 24.3 Å². The molecule has 0 saturated heterocycles. The van der Waals surface area contributed by atoms with Gasteiger partial charge in [-0.15, -0.1) is 13.2 Å². The van der Waals surface area contributed by atoms with Crippen LogP contribution >= 0.6 is 0 Å². The average molecular weight is 288 g/mol. The van der Waals surface area contributed by atoms with Crippen molar-refractivity contribution in [2.45, 2.75) is 51.5 Å². The molecule has 112 valence electrons. The summed E-state index contributed by atoms with van der Waals surface area (Å²) in [6.07, 6.45) is -0.451. The minimum atomic E-state index is -4.71. The molecule has 20 heavy (non-hydrogen) atoms. The molecule has 0 radical (unpaired) electrons. The van der Waals surface area contributed by atoms with Crippen LogP contribution in [0.25, 0.3) is 0 Å². The molecular weight excluding hydrogens is 269 g/mol. The van der Waals surface area contributed by atoms with Gasteiger partial charge in [0.15, 0.2) is 0 Å². The third-order valence-electron chi connectivity index (χ3n) is 4.06.